The van der Waals surface area contributed by atoms with Gasteiger partial charge in [0.2, 0.25) is 0 Å². The number of pyridine rings is 1. The fourth-order valence-electron chi connectivity index (χ4n) is 2.92. The molecule has 2 aromatic heterocycles. The normalized spacial score (nSPS) is 17.8. The Hall–Kier alpha value is -1.20. The van der Waals surface area contributed by atoms with E-state index in [1.54, 1.807) is 6.20 Å². The van der Waals surface area contributed by atoms with Crippen LogP contribution in [-0.2, 0) is 6.42 Å². The third-order valence-corrected chi connectivity index (χ3v) is 4.58. The topological polar surface area (TPSA) is 50.9 Å². The van der Waals surface area contributed by atoms with Crippen LogP contribution in [0.15, 0.2) is 35.1 Å². The molecule has 0 amide bonds. The van der Waals surface area contributed by atoms with Crippen molar-refractivity contribution in [2.24, 2.45) is 0 Å². The van der Waals surface area contributed by atoms with Crippen molar-refractivity contribution in [3.8, 4) is 0 Å². The lowest BCUT2D eigenvalue weighted by atomic mass is 9.96. The molecule has 1 aliphatic carbocycles. The van der Waals surface area contributed by atoms with Gasteiger partial charge in [0.05, 0.1) is 17.4 Å². The van der Waals surface area contributed by atoms with Crippen LogP contribution in [-0.4, -0.2) is 19.9 Å². The molecule has 1 saturated carbocycles. The van der Waals surface area contributed by atoms with Crippen LogP contribution in [0.1, 0.15) is 55.6 Å². The Kier molecular flexibility index (Phi) is 4.70. The lowest BCUT2D eigenvalue weighted by molar-refractivity contribution is 0.171. The first-order valence-corrected chi connectivity index (χ1v) is 8.35. The first kappa shape index (κ1) is 14.7. The molecule has 1 unspecified atom stereocenters. The summed E-state index contributed by atoms with van der Waals surface area (Å²) in [7, 11) is 0. The second-order valence-corrected chi connectivity index (χ2v) is 6.62. The number of nitrogens with zero attached hydrogens (tertiary/aromatic N) is 3. The van der Waals surface area contributed by atoms with Crippen molar-refractivity contribution < 1.29 is 5.11 Å². The Labute approximate surface area is 133 Å². The number of halogens is 1. The maximum absolute atomic E-state index is 10.3. The average Bonchev–Trinajstić information content (AvgIpc) is 2.97. The van der Waals surface area contributed by atoms with Crippen molar-refractivity contribution in [1.82, 2.24) is 14.8 Å². The zero-order valence-corrected chi connectivity index (χ0v) is 13.5. The molecule has 112 valence electrons. The molecule has 4 nitrogen and oxygen atoms in total. The van der Waals surface area contributed by atoms with Crippen LogP contribution < -0.4 is 0 Å². The third kappa shape index (κ3) is 3.71. The fourth-order valence-corrected chi connectivity index (χ4v) is 3.16. The maximum atomic E-state index is 10.3. The van der Waals surface area contributed by atoms with Gasteiger partial charge in [0.1, 0.15) is 6.10 Å². The maximum Gasteiger partial charge on any atom is 0.102 e. The molecular weight excluding hydrogens is 330 g/mol. The van der Waals surface area contributed by atoms with E-state index in [4.69, 9.17) is 0 Å². The van der Waals surface area contributed by atoms with Crippen molar-refractivity contribution in [1.29, 1.82) is 0 Å². The smallest absolute Gasteiger partial charge is 0.102 e. The van der Waals surface area contributed by atoms with Gasteiger partial charge in [0.15, 0.2) is 0 Å². The largest absolute Gasteiger partial charge is 0.386 e. The van der Waals surface area contributed by atoms with E-state index in [0.717, 1.165) is 10.2 Å². The molecule has 3 rings (SSSR count). The van der Waals surface area contributed by atoms with Crippen LogP contribution >= 0.6 is 15.9 Å². The van der Waals surface area contributed by atoms with E-state index in [1.807, 2.05) is 24.4 Å². The Morgan fingerprint density at radius 2 is 2.05 bits per heavy atom. The molecule has 21 heavy (non-hydrogen) atoms. The van der Waals surface area contributed by atoms with Gasteiger partial charge < -0.3 is 5.11 Å². The fraction of sp³-hybridized carbons (Fsp3) is 0.500. The average molecular weight is 350 g/mol. The second kappa shape index (κ2) is 6.71. The number of hydrogen-bond donors (Lipinski definition) is 1. The molecule has 5 heteroatoms. The Morgan fingerprint density at radius 3 is 2.76 bits per heavy atom. The van der Waals surface area contributed by atoms with Crippen molar-refractivity contribution in [2.75, 3.05) is 0 Å². The van der Waals surface area contributed by atoms with Gasteiger partial charge in [0, 0.05) is 23.3 Å². The number of aromatic nitrogens is 3. The van der Waals surface area contributed by atoms with Crippen molar-refractivity contribution >= 4 is 15.9 Å². The SMILES string of the molecule is OC(Cc1ccn(C2CCCCC2)n1)c1ccc(Br)cn1. The van der Waals surface area contributed by atoms with Gasteiger partial charge in [-0.2, -0.15) is 5.10 Å². The molecule has 0 bridgehead atoms. The Morgan fingerprint density at radius 1 is 1.24 bits per heavy atom. The van der Waals surface area contributed by atoms with Crippen LogP contribution in [0.4, 0.5) is 0 Å². The van der Waals surface area contributed by atoms with Crippen molar-refractivity contribution in [2.45, 2.75) is 50.7 Å². The molecule has 1 atom stereocenters. The van der Waals surface area contributed by atoms with Gasteiger partial charge in [-0.05, 0) is 47.0 Å². The van der Waals surface area contributed by atoms with Crippen molar-refractivity contribution in [3.05, 3.63) is 46.5 Å². The summed E-state index contributed by atoms with van der Waals surface area (Å²) < 4.78 is 3.00. The van der Waals surface area contributed by atoms with Gasteiger partial charge in [-0.3, -0.25) is 9.67 Å². The summed E-state index contributed by atoms with van der Waals surface area (Å²) in [6, 6.07) is 6.28. The van der Waals surface area contributed by atoms with E-state index < -0.39 is 6.10 Å². The summed E-state index contributed by atoms with van der Waals surface area (Å²) in [6.07, 6.45) is 10.0. The summed E-state index contributed by atoms with van der Waals surface area (Å²) >= 11 is 3.35. The summed E-state index contributed by atoms with van der Waals surface area (Å²) in [5.41, 5.74) is 1.61. The van der Waals surface area contributed by atoms with Gasteiger partial charge in [-0.1, -0.05) is 19.3 Å². The number of rotatable bonds is 4. The first-order valence-electron chi connectivity index (χ1n) is 7.56. The number of aliphatic hydroxyl groups excluding tert-OH is 1. The number of aliphatic hydroxyl groups is 1. The number of hydrogen-bond acceptors (Lipinski definition) is 3. The highest BCUT2D eigenvalue weighted by Crippen LogP contribution is 2.27. The van der Waals surface area contributed by atoms with Crippen LogP contribution in [0.25, 0.3) is 0 Å². The standard InChI is InChI=1S/C16H20BrN3O/c17-12-6-7-15(18-11-12)16(21)10-13-8-9-20(19-13)14-4-2-1-3-5-14/h6-9,11,14,16,21H,1-5,10H2. The molecular formula is C16H20BrN3O. The highest BCUT2D eigenvalue weighted by molar-refractivity contribution is 9.10. The highest BCUT2D eigenvalue weighted by Gasteiger charge is 2.17. The van der Waals surface area contributed by atoms with Gasteiger partial charge >= 0.3 is 0 Å². The zero-order valence-electron chi connectivity index (χ0n) is 12.0. The highest BCUT2D eigenvalue weighted by atomic mass is 79.9. The molecule has 0 radical (unpaired) electrons. The van der Waals surface area contributed by atoms with E-state index in [0.29, 0.717) is 18.2 Å². The molecule has 1 fully saturated rings. The second-order valence-electron chi connectivity index (χ2n) is 5.70. The summed E-state index contributed by atoms with van der Waals surface area (Å²) in [4.78, 5) is 4.24. The van der Waals surface area contributed by atoms with E-state index >= 15 is 0 Å². The molecule has 0 aliphatic heterocycles. The summed E-state index contributed by atoms with van der Waals surface area (Å²) in [6.45, 7) is 0. The lowest BCUT2D eigenvalue weighted by Gasteiger charge is -2.21. The van der Waals surface area contributed by atoms with Crippen LogP contribution in [0, 0.1) is 0 Å². The van der Waals surface area contributed by atoms with E-state index in [9.17, 15) is 5.11 Å². The summed E-state index contributed by atoms with van der Waals surface area (Å²) in [5.74, 6) is 0. The predicted octanol–water partition coefficient (Wildman–Crippen LogP) is 3.82. The molecule has 1 aliphatic rings. The van der Waals surface area contributed by atoms with E-state index in [2.05, 4.69) is 30.7 Å². The van der Waals surface area contributed by atoms with E-state index in [1.165, 1.54) is 32.1 Å². The quantitative estimate of drug-likeness (QED) is 0.912. The molecule has 0 saturated heterocycles. The molecule has 2 aromatic rings. The molecule has 2 heterocycles. The van der Waals surface area contributed by atoms with Crippen LogP contribution in [0.2, 0.25) is 0 Å². The predicted molar refractivity (Wildman–Crippen MR) is 84.9 cm³/mol. The first-order chi connectivity index (χ1) is 10.2. The monoisotopic (exact) mass is 349 g/mol. The molecule has 0 spiro atoms. The lowest BCUT2D eigenvalue weighted by Crippen LogP contribution is -2.14. The van der Waals surface area contributed by atoms with Gasteiger partial charge in [-0.25, -0.2) is 0 Å². The Balaban J connectivity index is 1.64. The minimum atomic E-state index is -0.604. The van der Waals surface area contributed by atoms with Crippen LogP contribution in [0.3, 0.4) is 0 Å². The molecule has 0 aromatic carbocycles. The van der Waals surface area contributed by atoms with E-state index in [-0.39, 0.29) is 0 Å². The minimum Gasteiger partial charge on any atom is -0.386 e. The van der Waals surface area contributed by atoms with Crippen molar-refractivity contribution in [3.63, 3.8) is 0 Å². The molecule has 1 N–H and O–H groups in total. The minimum absolute atomic E-state index is 0.508. The third-order valence-electron chi connectivity index (χ3n) is 4.11. The zero-order chi connectivity index (χ0) is 14.7. The van der Waals surface area contributed by atoms with Gasteiger partial charge in [-0.15, -0.1) is 0 Å². The summed E-state index contributed by atoms with van der Waals surface area (Å²) in [5, 5.41) is 14.9. The van der Waals surface area contributed by atoms with Crippen LogP contribution in [0.5, 0.6) is 0 Å². The Bertz CT molecular complexity index is 575. The van der Waals surface area contributed by atoms with Gasteiger partial charge in [0.25, 0.3) is 0 Å².